The summed E-state index contributed by atoms with van der Waals surface area (Å²) in [5.74, 6) is -0.109. The first kappa shape index (κ1) is 12.5. The number of benzene rings is 1. The highest BCUT2D eigenvalue weighted by Crippen LogP contribution is 2.22. The molecule has 1 saturated heterocycles. The fourth-order valence-corrected chi connectivity index (χ4v) is 4.04. The summed E-state index contributed by atoms with van der Waals surface area (Å²) in [5, 5.41) is 3.26. The Labute approximate surface area is 101 Å². The highest BCUT2D eigenvalue weighted by Gasteiger charge is 2.31. The lowest BCUT2D eigenvalue weighted by Gasteiger charge is -2.30. The van der Waals surface area contributed by atoms with Gasteiger partial charge < -0.3 is 5.32 Å². The van der Waals surface area contributed by atoms with Crippen molar-refractivity contribution in [2.45, 2.75) is 25.4 Å². The predicted octanol–water partition coefficient (Wildman–Crippen LogP) is 1.66. The van der Waals surface area contributed by atoms with Crippen molar-refractivity contribution in [1.29, 1.82) is 0 Å². The number of halogens is 1. The van der Waals surface area contributed by atoms with Gasteiger partial charge in [-0.15, -0.1) is 0 Å². The normalized spacial score (nSPS) is 27.9. The van der Waals surface area contributed by atoms with Crippen LogP contribution in [0, 0.1) is 5.82 Å². The number of nitrogens with one attached hydrogen (secondary N) is 1. The summed E-state index contributed by atoms with van der Waals surface area (Å²) in [5.41, 5.74) is 0.701. The van der Waals surface area contributed by atoms with Gasteiger partial charge in [-0.3, -0.25) is 0 Å². The van der Waals surface area contributed by atoms with Crippen LogP contribution in [-0.2, 0) is 9.84 Å². The smallest absolute Gasteiger partial charge is 0.153 e. The second-order valence-corrected chi connectivity index (χ2v) is 6.61. The second kappa shape index (κ2) is 4.74. The van der Waals surface area contributed by atoms with Gasteiger partial charge in [-0.1, -0.05) is 19.1 Å². The molecule has 0 aromatic heterocycles. The molecule has 0 spiro atoms. The Morgan fingerprint density at radius 1 is 1.41 bits per heavy atom. The van der Waals surface area contributed by atoms with Crippen LogP contribution in [0.5, 0.6) is 0 Å². The molecule has 1 heterocycles. The van der Waals surface area contributed by atoms with Crippen LogP contribution in [0.2, 0.25) is 0 Å². The molecule has 3 nitrogen and oxygen atoms in total. The van der Waals surface area contributed by atoms with Gasteiger partial charge in [0.2, 0.25) is 0 Å². The van der Waals surface area contributed by atoms with E-state index in [0.717, 1.165) is 6.42 Å². The topological polar surface area (TPSA) is 46.2 Å². The third kappa shape index (κ3) is 3.04. The first-order valence-corrected chi connectivity index (χ1v) is 7.54. The molecule has 1 aromatic carbocycles. The third-order valence-corrected chi connectivity index (χ3v) is 4.81. The van der Waals surface area contributed by atoms with E-state index in [2.05, 4.69) is 5.32 Å². The molecule has 94 valence electrons. The van der Waals surface area contributed by atoms with Crippen molar-refractivity contribution < 1.29 is 12.8 Å². The SMILES string of the molecule is CCC1CS(=O)(=O)CC(c2cccc(F)c2)N1. The number of hydrogen-bond donors (Lipinski definition) is 1. The molecule has 0 amide bonds. The molecule has 1 fully saturated rings. The van der Waals surface area contributed by atoms with E-state index in [1.807, 2.05) is 6.92 Å². The molecule has 5 heteroatoms. The fourth-order valence-electron chi connectivity index (χ4n) is 2.16. The van der Waals surface area contributed by atoms with Crippen LogP contribution in [0.3, 0.4) is 0 Å². The van der Waals surface area contributed by atoms with E-state index in [4.69, 9.17) is 0 Å². The van der Waals surface area contributed by atoms with Crippen LogP contribution < -0.4 is 5.32 Å². The molecule has 0 radical (unpaired) electrons. The molecule has 0 saturated carbocycles. The molecule has 1 aliphatic heterocycles. The molecular weight excluding hydrogens is 241 g/mol. The molecule has 2 rings (SSSR count). The minimum Gasteiger partial charge on any atom is -0.305 e. The maximum absolute atomic E-state index is 13.1. The highest BCUT2D eigenvalue weighted by atomic mass is 32.2. The van der Waals surface area contributed by atoms with Gasteiger partial charge in [-0.05, 0) is 24.1 Å². The predicted molar refractivity (Wildman–Crippen MR) is 65.0 cm³/mol. The van der Waals surface area contributed by atoms with Gasteiger partial charge >= 0.3 is 0 Å². The van der Waals surface area contributed by atoms with Crippen LogP contribution in [-0.4, -0.2) is 26.0 Å². The Morgan fingerprint density at radius 3 is 2.82 bits per heavy atom. The Bertz CT molecular complexity index is 501. The second-order valence-electron chi connectivity index (χ2n) is 4.46. The summed E-state index contributed by atoms with van der Waals surface area (Å²) >= 11 is 0. The van der Waals surface area contributed by atoms with Gasteiger partial charge in [-0.2, -0.15) is 0 Å². The highest BCUT2D eigenvalue weighted by molar-refractivity contribution is 7.91. The maximum atomic E-state index is 13.1. The van der Waals surface area contributed by atoms with Crippen LogP contribution >= 0.6 is 0 Å². The molecule has 1 aromatic rings. The van der Waals surface area contributed by atoms with Crippen LogP contribution in [0.1, 0.15) is 24.9 Å². The Morgan fingerprint density at radius 2 is 2.18 bits per heavy atom. The lowest BCUT2D eigenvalue weighted by atomic mass is 10.1. The van der Waals surface area contributed by atoms with Crippen molar-refractivity contribution in [1.82, 2.24) is 5.32 Å². The summed E-state index contributed by atoms with van der Waals surface area (Å²) in [6, 6.07) is 5.78. The van der Waals surface area contributed by atoms with Crippen LogP contribution in [0.15, 0.2) is 24.3 Å². The van der Waals surface area contributed by atoms with Gasteiger partial charge in [-0.25, -0.2) is 12.8 Å². The Hall–Kier alpha value is -0.940. The first-order chi connectivity index (χ1) is 8.00. The third-order valence-electron chi connectivity index (χ3n) is 3.06. The van der Waals surface area contributed by atoms with E-state index in [9.17, 15) is 12.8 Å². The van der Waals surface area contributed by atoms with E-state index >= 15 is 0 Å². The van der Waals surface area contributed by atoms with Gasteiger partial charge in [0.1, 0.15) is 5.82 Å². The Kier molecular flexibility index (Phi) is 3.49. The summed E-state index contributed by atoms with van der Waals surface area (Å²) in [4.78, 5) is 0. The minimum atomic E-state index is -3.04. The van der Waals surface area contributed by atoms with E-state index < -0.39 is 9.84 Å². The van der Waals surface area contributed by atoms with Crippen molar-refractivity contribution in [2.75, 3.05) is 11.5 Å². The largest absolute Gasteiger partial charge is 0.305 e. The standard InChI is InChI=1S/C12H16FNO2S/c1-2-11-7-17(15,16)8-12(14-11)9-4-3-5-10(13)6-9/h3-6,11-12,14H,2,7-8H2,1H3. The molecule has 1 N–H and O–H groups in total. The van der Waals surface area contributed by atoms with Crippen molar-refractivity contribution in [3.8, 4) is 0 Å². The van der Waals surface area contributed by atoms with Gasteiger partial charge in [0.25, 0.3) is 0 Å². The van der Waals surface area contributed by atoms with Gasteiger partial charge in [0.05, 0.1) is 11.5 Å². The molecule has 1 aliphatic rings. The fraction of sp³-hybridized carbons (Fsp3) is 0.500. The molecule has 2 atom stereocenters. The lowest BCUT2D eigenvalue weighted by molar-refractivity contribution is 0.439. The van der Waals surface area contributed by atoms with E-state index in [0.29, 0.717) is 5.56 Å². The van der Waals surface area contributed by atoms with Crippen molar-refractivity contribution in [2.24, 2.45) is 0 Å². The van der Waals surface area contributed by atoms with Crippen LogP contribution in [0.25, 0.3) is 0 Å². The zero-order chi connectivity index (χ0) is 12.5. The zero-order valence-electron chi connectivity index (χ0n) is 9.69. The minimum absolute atomic E-state index is 0.0398. The number of sulfone groups is 1. The maximum Gasteiger partial charge on any atom is 0.153 e. The summed E-state index contributed by atoms with van der Waals surface area (Å²) in [7, 11) is -3.04. The van der Waals surface area contributed by atoms with Crippen LogP contribution in [0.4, 0.5) is 4.39 Å². The molecular formula is C12H16FNO2S. The monoisotopic (exact) mass is 257 g/mol. The quantitative estimate of drug-likeness (QED) is 0.876. The van der Waals surface area contributed by atoms with Gasteiger partial charge in [0.15, 0.2) is 9.84 Å². The van der Waals surface area contributed by atoms with Crippen molar-refractivity contribution in [3.05, 3.63) is 35.6 Å². The number of rotatable bonds is 2. The molecule has 2 unspecified atom stereocenters. The Balaban J connectivity index is 2.26. The van der Waals surface area contributed by atoms with E-state index in [1.54, 1.807) is 12.1 Å². The molecule has 17 heavy (non-hydrogen) atoms. The average molecular weight is 257 g/mol. The van der Waals surface area contributed by atoms with Crippen molar-refractivity contribution in [3.63, 3.8) is 0 Å². The van der Waals surface area contributed by atoms with E-state index in [1.165, 1.54) is 12.1 Å². The number of hydrogen-bond acceptors (Lipinski definition) is 3. The lowest BCUT2D eigenvalue weighted by Crippen LogP contribution is -2.46. The summed E-state index contributed by atoms with van der Waals surface area (Å²) < 4.78 is 36.6. The van der Waals surface area contributed by atoms with E-state index in [-0.39, 0.29) is 29.4 Å². The van der Waals surface area contributed by atoms with Gasteiger partial charge in [0, 0.05) is 12.1 Å². The molecule has 0 aliphatic carbocycles. The summed E-state index contributed by atoms with van der Waals surface area (Å²) in [6.07, 6.45) is 0.755. The first-order valence-electron chi connectivity index (χ1n) is 5.72. The molecule has 0 bridgehead atoms. The van der Waals surface area contributed by atoms with Crippen molar-refractivity contribution >= 4 is 9.84 Å². The summed E-state index contributed by atoms with van der Waals surface area (Å²) in [6.45, 7) is 1.95. The zero-order valence-corrected chi connectivity index (χ0v) is 10.5. The average Bonchev–Trinajstić information content (AvgIpc) is 2.27.